The second-order valence-corrected chi connectivity index (χ2v) is 26.4. The molecule has 2 aromatic heterocycles. The topological polar surface area (TPSA) is 0 Å². The number of benzene rings is 14. The van der Waals surface area contributed by atoms with Crippen molar-refractivity contribution in [1.82, 2.24) is 0 Å². The molecule has 0 fully saturated rings. The minimum atomic E-state index is -0.755. The molecule has 2 heterocycles. The summed E-state index contributed by atoms with van der Waals surface area (Å²) in [5.41, 5.74) is 17.8. The van der Waals surface area contributed by atoms with Gasteiger partial charge in [-0.15, -0.1) is 0 Å². The minimum absolute atomic E-state index is 0.532. The fourth-order valence-corrected chi connectivity index (χ4v) is 20.6. The molecule has 1 spiro atoms. The molecule has 0 bridgehead atoms. The maximum absolute atomic E-state index is 2.58. The molecule has 3 unspecified atom stereocenters. The summed E-state index contributed by atoms with van der Waals surface area (Å²) in [6.45, 7) is 0. The monoisotopic (exact) mass is 1060 g/mol. The predicted octanol–water partition coefficient (Wildman–Crippen LogP) is 23.1. The molecule has 0 saturated carbocycles. The zero-order chi connectivity index (χ0) is 52.9. The van der Waals surface area contributed by atoms with Crippen LogP contribution in [0.5, 0.6) is 0 Å². The van der Waals surface area contributed by atoms with Gasteiger partial charge in [0.1, 0.15) is 0 Å². The third kappa shape index (κ3) is 6.11. The Kier molecular flexibility index (Phi) is 9.64. The van der Waals surface area contributed by atoms with Crippen molar-refractivity contribution in [2.24, 2.45) is 0 Å². The lowest BCUT2D eigenvalue weighted by atomic mass is 9.69. The summed E-state index contributed by atoms with van der Waals surface area (Å²) in [5.74, 6) is 0. The van der Waals surface area contributed by atoms with Gasteiger partial charge < -0.3 is 0 Å². The van der Waals surface area contributed by atoms with Crippen molar-refractivity contribution in [2.45, 2.75) is 5.41 Å². The van der Waals surface area contributed by atoms with E-state index in [-0.39, 0.29) is 0 Å². The number of rotatable bonds is 5. The van der Waals surface area contributed by atoms with Gasteiger partial charge in [0.2, 0.25) is 0 Å². The molecule has 2 aliphatic rings. The van der Waals surface area contributed by atoms with Gasteiger partial charge >= 0.3 is 0 Å². The highest BCUT2D eigenvalue weighted by Crippen LogP contribution is 2.66. The van der Waals surface area contributed by atoms with Crippen LogP contribution in [0.2, 0.25) is 0 Å². The molecular weight excluding hydrogens is 1010 g/mol. The van der Waals surface area contributed by atoms with E-state index >= 15 is 0 Å². The first-order valence-corrected chi connectivity index (χ1v) is 30.9. The maximum Gasteiger partial charge on any atom is 0.0731 e. The molecule has 16 aromatic rings. The van der Waals surface area contributed by atoms with Gasteiger partial charge in [0.25, 0.3) is 0 Å². The summed E-state index contributed by atoms with van der Waals surface area (Å²) < 4.78 is 0. The lowest BCUT2D eigenvalue weighted by Gasteiger charge is -2.31. The molecule has 0 N–H and O–H groups in total. The third-order valence-corrected chi connectivity index (χ3v) is 23.4. The Bertz CT molecular complexity index is 5130. The molecule has 0 aliphatic heterocycles. The zero-order valence-corrected chi connectivity index (χ0v) is 45.9. The average molecular weight is 1060 g/mol. The first-order chi connectivity index (χ1) is 40.3. The van der Waals surface area contributed by atoms with Gasteiger partial charge in [-0.3, -0.25) is 0 Å². The molecule has 18 rings (SSSR count). The molecule has 0 saturated heterocycles. The van der Waals surface area contributed by atoms with Gasteiger partial charge in [-0.25, -0.2) is 0 Å². The highest BCUT2D eigenvalue weighted by atomic mass is 31.1. The van der Waals surface area contributed by atoms with Crippen molar-refractivity contribution in [2.75, 3.05) is 0 Å². The van der Waals surface area contributed by atoms with Crippen LogP contribution in [0.15, 0.2) is 291 Å². The number of fused-ring (bicyclic) bond motifs is 20. The van der Waals surface area contributed by atoms with Gasteiger partial charge in [-0.05, 0) is 150 Å². The van der Waals surface area contributed by atoms with Crippen molar-refractivity contribution in [1.29, 1.82) is 0 Å². The van der Waals surface area contributed by atoms with Gasteiger partial charge in [0.15, 0.2) is 0 Å². The van der Waals surface area contributed by atoms with E-state index in [0.717, 1.165) is 0 Å². The second-order valence-electron chi connectivity index (χ2n) is 22.1. The average Bonchev–Trinajstić information content (AvgIpc) is 2.19. The minimum Gasteiger partial charge on any atom is -0.0772 e. The Morgan fingerprint density at radius 1 is 0.222 bits per heavy atom. The van der Waals surface area contributed by atoms with Crippen LogP contribution in [0.25, 0.3) is 141 Å². The molecule has 14 aromatic carbocycles. The van der Waals surface area contributed by atoms with Gasteiger partial charge in [0.05, 0.1) is 5.41 Å². The fraction of sp³-hybridized carbons (Fsp3) is 0.0127. The van der Waals surface area contributed by atoms with Gasteiger partial charge in [0, 0.05) is 31.2 Å². The second kappa shape index (κ2) is 17.2. The Hall–Kier alpha value is -9.54. The summed E-state index contributed by atoms with van der Waals surface area (Å²) >= 11 is 0. The van der Waals surface area contributed by atoms with Crippen LogP contribution in [-0.2, 0) is 5.41 Å². The summed E-state index contributed by atoms with van der Waals surface area (Å²) in [4.78, 5) is 0. The SMILES string of the molecule is c1ccc(-p2c3ccccc3c3c(-c4cccc5c(-c6cccc7c6-c6ccccc6C76c7ccccc7-c7ccc8ccccc8c76)c6cccc(-c7cccc8c7c7ccccc7p8-c7ccccc7)c6cc45)cccc32)cc1. The largest absolute Gasteiger partial charge is 0.0772 e. The highest BCUT2D eigenvalue weighted by Gasteiger charge is 2.53. The molecule has 81 heavy (non-hydrogen) atoms. The van der Waals surface area contributed by atoms with Gasteiger partial charge in [-0.2, -0.15) is 0 Å². The Morgan fingerprint density at radius 2 is 0.642 bits per heavy atom. The van der Waals surface area contributed by atoms with Crippen LogP contribution in [0.3, 0.4) is 0 Å². The van der Waals surface area contributed by atoms with E-state index in [0.29, 0.717) is 0 Å². The maximum atomic E-state index is 2.58. The van der Waals surface area contributed by atoms with E-state index in [1.54, 1.807) is 0 Å². The number of hydrogen-bond acceptors (Lipinski definition) is 0. The van der Waals surface area contributed by atoms with Crippen molar-refractivity contribution in [3.63, 3.8) is 0 Å². The van der Waals surface area contributed by atoms with Crippen LogP contribution in [0, 0.1) is 0 Å². The molecule has 0 nitrogen and oxygen atoms in total. The van der Waals surface area contributed by atoms with Crippen molar-refractivity contribution in [3.05, 3.63) is 313 Å². The van der Waals surface area contributed by atoms with E-state index in [1.165, 1.54) is 163 Å². The molecule has 3 atom stereocenters. The first-order valence-electron chi connectivity index (χ1n) is 28.3. The predicted molar refractivity (Wildman–Crippen MR) is 350 cm³/mol. The van der Waals surface area contributed by atoms with Crippen molar-refractivity contribution >= 4 is 89.4 Å². The van der Waals surface area contributed by atoms with Gasteiger partial charge in [-0.1, -0.05) is 288 Å². The smallest absolute Gasteiger partial charge is 0.0731 e. The summed E-state index contributed by atoms with van der Waals surface area (Å²) in [6.07, 6.45) is 0. The van der Waals surface area contributed by atoms with E-state index < -0.39 is 20.5 Å². The van der Waals surface area contributed by atoms with E-state index in [9.17, 15) is 0 Å². The van der Waals surface area contributed by atoms with E-state index in [2.05, 4.69) is 291 Å². The molecule has 2 heteroatoms. The molecule has 0 radical (unpaired) electrons. The lowest BCUT2D eigenvalue weighted by Crippen LogP contribution is -2.26. The van der Waals surface area contributed by atoms with E-state index in [1.807, 2.05) is 0 Å². The number of hydrogen-bond donors (Lipinski definition) is 0. The summed E-state index contributed by atoms with van der Waals surface area (Å²) in [6, 6.07) is 112. The summed E-state index contributed by atoms with van der Waals surface area (Å²) in [7, 11) is -1.51. The van der Waals surface area contributed by atoms with Crippen LogP contribution in [0.1, 0.15) is 22.3 Å². The Labute approximate surface area is 471 Å². The fourth-order valence-electron chi connectivity index (χ4n) is 15.3. The molecule has 374 valence electrons. The summed E-state index contributed by atoms with van der Waals surface area (Å²) in [5, 5.41) is 21.5. The third-order valence-electron chi connectivity index (χ3n) is 18.3. The Morgan fingerprint density at radius 3 is 1.26 bits per heavy atom. The van der Waals surface area contributed by atoms with Crippen LogP contribution in [0.4, 0.5) is 0 Å². The highest BCUT2D eigenvalue weighted by molar-refractivity contribution is 7.68. The quantitative estimate of drug-likeness (QED) is 0.151. The van der Waals surface area contributed by atoms with E-state index in [4.69, 9.17) is 0 Å². The molecule has 2 aliphatic carbocycles. The first kappa shape index (κ1) is 45.3. The van der Waals surface area contributed by atoms with Crippen LogP contribution >= 0.6 is 15.1 Å². The molecular formula is C79H48P2. The molecule has 0 amide bonds. The van der Waals surface area contributed by atoms with Crippen LogP contribution in [-0.4, -0.2) is 0 Å². The standard InChI is InChI=1S/C79H48P2/c1-3-23-50(24-4-1)80-70-42-15-11-30-62(70)76-56(36-20-44-72(76)80)53-32-17-34-58-65(53)48-66-54(57-37-21-45-73-77(57)63-31-12-16-43-71(63)81(73)51-25-5-2-6-26-51)33-18-35-59(66)74(58)64-38-19-41-69-75(64)61-29-10-14-40-68(61)79(69)67-39-13-9-28-55(67)60-47-46-49-22-7-8-27-52(49)78(60)79/h1-48H. The zero-order valence-electron chi connectivity index (χ0n) is 44.1. The Balaban J connectivity index is 0.991. The van der Waals surface area contributed by atoms with Crippen molar-refractivity contribution in [3.8, 4) is 66.2 Å². The normalized spacial score (nSPS) is 14.7. The van der Waals surface area contributed by atoms with Crippen molar-refractivity contribution < 1.29 is 0 Å². The lowest BCUT2D eigenvalue weighted by molar-refractivity contribution is 0.801. The van der Waals surface area contributed by atoms with Crippen LogP contribution < -0.4 is 0 Å².